The molecular formula is C10H14N4O3S2. The molecule has 0 saturated carbocycles. The summed E-state index contributed by atoms with van der Waals surface area (Å²) in [5.74, 6) is 0.713. The Balaban J connectivity index is 1.96. The SMILES string of the molecule is Cn1cnnc1CCNS(=O)(=O)c1cc(CO)cs1. The van der Waals surface area contributed by atoms with Crippen LogP contribution in [-0.4, -0.2) is 34.8 Å². The first-order valence-electron chi connectivity index (χ1n) is 5.54. The number of sulfonamides is 1. The largest absolute Gasteiger partial charge is 0.392 e. The Hall–Kier alpha value is -1.29. The van der Waals surface area contributed by atoms with E-state index >= 15 is 0 Å². The smallest absolute Gasteiger partial charge is 0.250 e. The summed E-state index contributed by atoms with van der Waals surface area (Å²) in [6.45, 7) is 0.0895. The van der Waals surface area contributed by atoms with E-state index in [-0.39, 0.29) is 17.4 Å². The Bertz CT molecular complexity index is 647. The van der Waals surface area contributed by atoms with Gasteiger partial charge in [0.25, 0.3) is 0 Å². The van der Waals surface area contributed by atoms with Crippen LogP contribution in [0.4, 0.5) is 0 Å². The molecule has 19 heavy (non-hydrogen) atoms. The molecule has 7 nitrogen and oxygen atoms in total. The van der Waals surface area contributed by atoms with Gasteiger partial charge in [-0.15, -0.1) is 21.5 Å². The summed E-state index contributed by atoms with van der Waals surface area (Å²) < 4.78 is 28.3. The molecule has 0 atom stereocenters. The van der Waals surface area contributed by atoms with Gasteiger partial charge in [-0.1, -0.05) is 0 Å². The van der Waals surface area contributed by atoms with Gasteiger partial charge in [-0.05, 0) is 17.0 Å². The molecule has 2 rings (SSSR count). The van der Waals surface area contributed by atoms with Crippen LogP contribution >= 0.6 is 11.3 Å². The van der Waals surface area contributed by atoms with Crippen molar-refractivity contribution in [1.82, 2.24) is 19.5 Å². The van der Waals surface area contributed by atoms with Crippen molar-refractivity contribution in [3.05, 3.63) is 29.2 Å². The van der Waals surface area contributed by atoms with Crippen LogP contribution in [0, 0.1) is 0 Å². The number of nitrogens with one attached hydrogen (secondary N) is 1. The van der Waals surface area contributed by atoms with Crippen molar-refractivity contribution < 1.29 is 13.5 Å². The van der Waals surface area contributed by atoms with E-state index in [1.807, 2.05) is 0 Å². The zero-order chi connectivity index (χ0) is 13.9. The fourth-order valence-corrected chi connectivity index (χ4v) is 3.76. The highest BCUT2D eigenvalue weighted by atomic mass is 32.2. The highest BCUT2D eigenvalue weighted by Crippen LogP contribution is 2.19. The monoisotopic (exact) mass is 302 g/mol. The summed E-state index contributed by atoms with van der Waals surface area (Å²) in [5.41, 5.74) is 0.596. The van der Waals surface area contributed by atoms with E-state index in [4.69, 9.17) is 5.11 Å². The molecule has 0 amide bonds. The first-order chi connectivity index (χ1) is 9.03. The van der Waals surface area contributed by atoms with Crippen molar-refractivity contribution in [2.24, 2.45) is 7.05 Å². The maximum atomic E-state index is 11.9. The second-order valence-electron chi connectivity index (χ2n) is 3.94. The Morgan fingerprint density at radius 2 is 2.32 bits per heavy atom. The number of aromatic nitrogens is 3. The minimum atomic E-state index is -3.52. The summed E-state index contributed by atoms with van der Waals surface area (Å²) >= 11 is 1.09. The van der Waals surface area contributed by atoms with Crippen molar-refractivity contribution in [1.29, 1.82) is 0 Å². The van der Waals surface area contributed by atoms with Crippen molar-refractivity contribution in [3.63, 3.8) is 0 Å². The zero-order valence-electron chi connectivity index (χ0n) is 10.3. The fraction of sp³-hybridized carbons (Fsp3) is 0.400. The summed E-state index contributed by atoms with van der Waals surface area (Å²) in [6, 6.07) is 1.47. The van der Waals surface area contributed by atoms with Gasteiger partial charge in [-0.3, -0.25) is 0 Å². The molecule has 2 aromatic heterocycles. The van der Waals surface area contributed by atoms with Gasteiger partial charge >= 0.3 is 0 Å². The predicted molar refractivity (Wildman–Crippen MR) is 70.1 cm³/mol. The molecule has 0 aromatic carbocycles. The summed E-state index contributed by atoms with van der Waals surface area (Å²) in [6.07, 6.45) is 2.03. The molecule has 0 fully saturated rings. The lowest BCUT2D eigenvalue weighted by atomic mass is 10.4. The maximum Gasteiger partial charge on any atom is 0.250 e. The first kappa shape index (κ1) is 14.1. The Morgan fingerprint density at radius 1 is 1.53 bits per heavy atom. The molecule has 0 bridgehead atoms. The molecular weight excluding hydrogens is 288 g/mol. The number of thiophene rings is 1. The Morgan fingerprint density at radius 3 is 2.89 bits per heavy atom. The average molecular weight is 302 g/mol. The lowest BCUT2D eigenvalue weighted by Crippen LogP contribution is -2.26. The minimum Gasteiger partial charge on any atom is -0.392 e. The Kier molecular flexibility index (Phi) is 4.30. The number of aliphatic hydroxyl groups excluding tert-OH is 1. The van der Waals surface area contributed by atoms with E-state index in [0.717, 1.165) is 11.3 Å². The highest BCUT2D eigenvalue weighted by Gasteiger charge is 2.16. The third kappa shape index (κ3) is 3.38. The highest BCUT2D eigenvalue weighted by molar-refractivity contribution is 7.91. The second kappa shape index (κ2) is 5.78. The van der Waals surface area contributed by atoms with Crippen LogP contribution in [0.5, 0.6) is 0 Å². The van der Waals surface area contributed by atoms with E-state index in [1.54, 1.807) is 23.3 Å². The van der Waals surface area contributed by atoms with Crippen LogP contribution in [0.25, 0.3) is 0 Å². The van der Waals surface area contributed by atoms with Gasteiger partial charge in [0.05, 0.1) is 6.61 Å². The molecule has 104 valence electrons. The zero-order valence-corrected chi connectivity index (χ0v) is 11.9. The van der Waals surface area contributed by atoms with Crippen LogP contribution in [0.15, 0.2) is 22.0 Å². The number of hydrogen-bond donors (Lipinski definition) is 2. The molecule has 0 spiro atoms. The van der Waals surface area contributed by atoms with Crippen LogP contribution in [0.2, 0.25) is 0 Å². The lowest BCUT2D eigenvalue weighted by Gasteiger charge is -2.04. The maximum absolute atomic E-state index is 11.9. The summed E-state index contributed by atoms with van der Waals surface area (Å²) in [4.78, 5) is 0. The molecule has 0 aliphatic carbocycles. The number of nitrogens with zero attached hydrogens (tertiary/aromatic N) is 3. The molecule has 0 saturated heterocycles. The van der Waals surface area contributed by atoms with E-state index in [9.17, 15) is 8.42 Å². The molecule has 2 N–H and O–H groups in total. The third-order valence-corrected chi connectivity index (χ3v) is 5.47. The second-order valence-corrected chi connectivity index (χ2v) is 6.84. The van der Waals surface area contributed by atoms with E-state index < -0.39 is 10.0 Å². The third-order valence-electron chi connectivity index (χ3n) is 2.52. The van der Waals surface area contributed by atoms with Gasteiger partial charge in [0.15, 0.2) is 0 Å². The van der Waals surface area contributed by atoms with Crippen molar-refractivity contribution in [3.8, 4) is 0 Å². The van der Waals surface area contributed by atoms with Gasteiger partial charge in [0.2, 0.25) is 10.0 Å². The quantitative estimate of drug-likeness (QED) is 0.776. The molecule has 0 radical (unpaired) electrons. The molecule has 2 heterocycles. The van der Waals surface area contributed by atoms with Gasteiger partial charge in [0, 0.05) is 20.0 Å². The van der Waals surface area contributed by atoms with Gasteiger partial charge < -0.3 is 9.67 Å². The van der Waals surface area contributed by atoms with E-state index in [2.05, 4.69) is 14.9 Å². The molecule has 0 unspecified atom stereocenters. The predicted octanol–water partition coefficient (Wildman–Crippen LogP) is -0.110. The van der Waals surface area contributed by atoms with Gasteiger partial charge in [-0.25, -0.2) is 13.1 Å². The number of aryl methyl sites for hydroxylation is 1. The molecule has 9 heteroatoms. The molecule has 2 aromatic rings. The van der Waals surface area contributed by atoms with Crippen LogP contribution < -0.4 is 4.72 Å². The van der Waals surface area contributed by atoms with Crippen molar-refractivity contribution in [2.45, 2.75) is 17.2 Å². The summed E-state index contributed by atoms with van der Waals surface area (Å²) in [7, 11) is -1.71. The number of hydrogen-bond acceptors (Lipinski definition) is 6. The average Bonchev–Trinajstić information content (AvgIpc) is 2.99. The van der Waals surface area contributed by atoms with E-state index in [1.165, 1.54) is 6.07 Å². The lowest BCUT2D eigenvalue weighted by molar-refractivity contribution is 0.282. The van der Waals surface area contributed by atoms with Gasteiger partial charge in [0.1, 0.15) is 16.4 Å². The normalized spacial score (nSPS) is 11.9. The number of aliphatic hydroxyl groups is 1. The topological polar surface area (TPSA) is 97.1 Å². The Labute approximate surface area is 115 Å². The van der Waals surface area contributed by atoms with Crippen LogP contribution in [-0.2, 0) is 30.1 Å². The van der Waals surface area contributed by atoms with Crippen molar-refractivity contribution in [2.75, 3.05) is 6.54 Å². The standard InChI is InChI=1S/C10H14N4O3S2/c1-14-7-11-13-9(14)2-3-12-19(16,17)10-4-8(5-15)6-18-10/h4,6-7,12,15H,2-3,5H2,1H3. The first-order valence-corrected chi connectivity index (χ1v) is 7.90. The number of rotatable bonds is 6. The van der Waals surface area contributed by atoms with Crippen LogP contribution in [0.1, 0.15) is 11.4 Å². The van der Waals surface area contributed by atoms with E-state index in [0.29, 0.717) is 17.8 Å². The fourth-order valence-electron chi connectivity index (χ4n) is 1.48. The summed E-state index contributed by atoms with van der Waals surface area (Å²) in [5, 5.41) is 18.1. The van der Waals surface area contributed by atoms with Crippen molar-refractivity contribution >= 4 is 21.4 Å². The van der Waals surface area contributed by atoms with Gasteiger partial charge in [-0.2, -0.15) is 0 Å². The van der Waals surface area contributed by atoms with Crippen LogP contribution in [0.3, 0.4) is 0 Å². The molecule has 0 aliphatic rings. The minimum absolute atomic E-state index is 0.162. The molecule has 0 aliphatic heterocycles.